The Kier molecular flexibility index (Phi) is 19.3. The SMILES string of the molecule is CCCCCCCCCCCCCCCCCCOP(=O)(OCCOCC)OOc1cccc2ccccc12. The molecule has 39 heavy (non-hydrogen) atoms. The van der Waals surface area contributed by atoms with Gasteiger partial charge in [0.15, 0.2) is 5.75 Å². The highest BCUT2D eigenvalue weighted by Gasteiger charge is 2.29. The van der Waals surface area contributed by atoms with Crippen molar-refractivity contribution in [2.24, 2.45) is 0 Å². The molecular formula is C32H53O6P. The summed E-state index contributed by atoms with van der Waals surface area (Å²) < 4.78 is 34.8. The van der Waals surface area contributed by atoms with Crippen molar-refractivity contribution in [3.8, 4) is 5.75 Å². The summed E-state index contributed by atoms with van der Waals surface area (Å²) in [4.78, 5) is 5.47. The molecule has 1 atom stereocenters. The van der Waals surface area contributed by atoms with Crippen LogP contribution in [0.5, 0.6) is 5.75 Å². The van der Waals surface area contributed by atoms with Gasteiger partial charge in [-0.15, -0.1) is 0 Å². The van der Waals surface area contributed by atoms with Crippen molar-refractivity contribution in [2.75, 3.05) is 26.4 Å². The van der Waals surface area contributed by atoms with E-state index in [4.69, 9.17) is 23.3 Å². The smallest absolute Gasteiger partial charge is 0.379 e. The summed E-state index contributed by atoms with van der Waals surface area (Å²) in [5.41, 5.74) is 0. The second-order valence-electron chi connectivity index (χ2n) is 10.2. The topological polar surface area (TPSA) is 63.2 Å². The van der Waals surface area contributed by atoms with Crippen molar-refractivity contribution >= 4 is 18.6 Å². The Bertz CT molecular complexity index is 900. The van der Waals surface area contributed by atoms with Gasteiger partial charge in [0.2, 0.25) is 0 Å². The number of phosphoric ester groups is 1. The van der Waals surface area contributed by atoms with Crippen LogP contribution in [-0.4, -0.2) is 26.4 Å². The third-order valence-corrected chi connectivity index (χ3v) is 8.15. The molecule has 7 heteroatoms. The second kappa shape index (κ2) is 22.3. The van der Waals surface area contributed by atoms with Crippen molar-refractivity contribution in [3.05, 3.63) is 42.5 Å². The molecule has 0 heterocycles. The Morgan fingerprint density at radius 2 is 1.13 bits per heavy atom. The summed E-state index contributed by atoms with van der Waals surface area (Å²) in [6.07, 6.45) is 20.8. The first-order valence-corrected chi connectivity index (χ1v) is 17.0. The van der Waals surface area contributed by atoms with E-state index in [0.29, 0.717) is 25.6 Å². The maximum Gasteiger partial charge on any atom is 0.511 e. The van der Waals surface area contributed by atoms with E-state index in [-0.39, 0.29) is 6.61 Å². The summed E-state index contributed by atoms with van der Waals surface area (Å²) in [5, 5.41) is 1.86. The van der Waals surface area contributed by atoms with Gasteiger partial charge in [-0.25, -0.2) is 4.57 Å². The minimum atomic E-state index is -3.90. The number of benzene rings is 2. The van der Waals surface area contributed by atoms with E-state index in [0.717, 1.165) is 30.0 Å². The normalized spacial score (nSPS) is 13.1. The highest BCUT2D eigenvalue weighted by molar-refractivity contribution is 7.48. The molecule has 0 aliphatic carbocycles. The maximum absolute atomic E-state index is 13.2. The molecule has 2 aromatic rings. The summed E-state index contributed by atoms with van der Waals surface area (Å²) in [6, 6.07) is 13.4. The van der Waals surface area contributed by atoms with Crippen molar-refractivity contribution in [2.45, 2.75) is 117 Å². The third-order valence-electron chi connectivity index (χ3n) is 6.90. The van der Waals surface area contributed by atoms with Crippen LogP contribution < -0.4 is 4.89 Å². The monoisotopic (exact) mass is 564 g/mol. The van der Waals surface area contributed by atoms with Gasteiger partial charge in [-0.2, -0.15) is 0 Å². The van der Waals surface area contributed by atoms with E-state index in [2.05, 4.69) is 6.92 Å². The summed E-state index contributed by atoms with van der Waals surface area (Å²) in [6.45, 7) is 5.43. The molecule has 1 unspecified atom stereocenters. The van der Waals surface area contributed by atoms with Gasteiger partial charge < -0.3 is 9.62 Å². The fourth-order valence-electron chi connectivity index (χ4n) is 4.61. The summed E-state index contributed by atoms with van der Waals surface area (Å²) in [5.74, 6) is 0.466. The average Bonchev–Trinajstić information content (AvgIpc) is 2.96. The molecule has 0 bridgehead atoms. The number of fused-ring (bicyclic) bond motifs is 1. The molecule has 0 fully saturated rings. The van der Waals surface area contributed by atoms with Gasteiger partial charge in [0.1, 0.15) is 0 Å². The van der Waals surface area contributed by atoms with E-state index >= 15 is 0 Å². The molecule has 2 rings (SSSR count). The van der Waals surface area contributed by atoms with Crippen molar-refractivity contribution in [1.82, 2.24) is 0 Å². The van der Waals surface area contributed by atoms with E-state index < -0.39 is 7.82 Å². The molecule has 0 saturated carbocycles. The van der Waals surface area contributed by atoms with Gasteiger partial charge in [-0.1, -0.05) is 144 Å². The molecule has 6 nitrogen and oxygen atoms in total. The molecule has 0 aromatic heterocycles. The van der Waals surface area contributed by atoms with E-state index in [1.54, 1.807) is 6.07 Å². The summed E-state index contributed by atoms with van der Waals surface area (Å²) >= 11 is 0. The van der Waals surface area contributed by atoms with Gasteiger partial charge in [-0.05, 0) is 24.8 Å². The van der Waals surface area contributed by atoms with Crippen LogP contribution in [0.1, 0.15) is 117 Å². The van der Waals surface area contributed by atoms with Crippen LogP contribution in [0.3, 0.4) is 0 Å². The zero-order valence-electron chi connectivity index (χ0n) is 24.6. The lowest BCUT2D eigenvalue weighted by Crippen LogP contribution is -2.08. The Labute approximate surface area is 237 Å². The predicted molar refractivity (Wildman–Crippen MR) is 161 cm³/mol. The Hall–Kier alpha value is -1.43. The Morgan fingerprint density at radius 1 is 0.590 bits per heavy atom. The van der Waals surface area contributed by atoms with E-state index in [1.807, 2.05) is 43.3 Å². The molecule has 0 spiro atoms. The van der Waals surface area contributed by atoms with Crippen LogP contribution in [0, 0.1) is 0 Å². The van der Waals surface area contributed by atoms with Crippen LogP contribution >= 0.6 is 7.82 Å². The molecule has 0 radical (unpaired) electrons. The largest absolute Gasteiger partial charge is 0.511 e. The molecule has 0 saturated heterocycles. The van der Waals surface area contributed by atoms with Crippen LogP contribution in [0.15, 0.2) is 42.5 Å². The number of phosphoric acid groups is 1. The first-order valence-electron chi connectivity index (χ1n) is 15.5. The first kappa shape index (κ1) is 33.8. The van der Waals surface area contributed by atoms with Crippen LogP contribution in [0.4, 0.5) is 0 Å². The molecular weight excluding hydrogens is 511 g/mol. The molecule has 2 aromatic carbocycles. The van der Waals surface area contributed by atoms with Crippen molar-refractivity contribution in [3.63, 3.8) is 0 Å². The zero-order chi connectivity index (χ0) is 27.9. The molecule has 0 aliphatic heterocycles. The standard InChI is InChI=1S/C32H53O6P/c1-3-5-6-7-8-9-10-11-12-13-14-15-16-17-18-21-27-35-39(33,36-29-28-34-4-2)38-37-32-26-22-24-30-23-19-20-25-31(30)32/h19-20,22-26H,3-18,21,27-29H2,1-2H3. The Balaban J connectivity index is 1.57. The highest BCUT2D eigenvalue weighted by Crippen LogP contribution is 2.50. The number of unbranched alkanes of at least 4 members (excludes halogenated alkanes) is 15. The highest BCUT2D eigenvalue weighted by atomic mass is 31.2. The van der Waals surface area contributed by atoms with Crippen LogP contribution in [-0.2, 0) is 23.0 Å². The number of rotatable bonds is 26. The molecule has 222 valence electrons. The van der Waals surface area contributed by atoms with Crippen molar-refractivity contribution < 1.29 is 27.9 Å². The quantitative estimate of drug-likeness (QED) is 0.0490. The second-order valence-corrected chi connectivity index (χ2v) is 11.8. The minimum Gasteiger partial charge on any atom is -0.379 e. The maximum atomic E-state index is 13.2. The van der Waals surface area contributed by atoms with Crippen LogP contribution in [0.25, 0.3) is 10.8 Å². The zero-order valence-corrected chi connectivity index (χ0v) is 25.5. The lowest BCUT2D eigenvalue weighted by Gasteiger charge is -2.17. The predicted octanol–water partition coefficient (Wildman–Crippen LogP) is 10.6. The molecule has 0 amide bonds. The molecule has 0 aliphatic rings. The van der Waals surface area contributed by atoms with Gasteiger partial charge in [-0.3, -0.25) is 9.05 Å². The number of hydrogen-bond donors (Lipinski definition) is 0. The summed E-state index contributed by atoms with van der Waals surface area (Å²) in [7, 11) is -3.90. The Morgan fingerprint density at radius 3 is 1.74 bits per heavy atom. The average molecular weight is 565 g/mol. The fraction of sp³-hybridized carbons (Fsp3) is 0.688. The van der Waals surface area contributed by atoms with Crippen molar-refractivity contribution in [1.29, 1.82) is 0 Å². The van der Waals surface area contributed by atoms with Gasteiger partial charge >= 0.3 is 7.82 Å². The van der Waals surface area contributed by atoms with E-state index in [1.165, 1.54) is 83.5 Å². The first-order chi connectivity index (χ1) is 19.2. The number of hydrogen-bond acceptors (Lipinski definition) is 6. The van der Waals surface area contributed by atoms with Crippen LogP contribution in [0.2, 0.25) is 0 Å². The minimum absolute atomic E-state index is 0.100. The van der Waals surface area contributed by atoms with Gasteiger partial charge in [0.05, 0.1) is 19.8 Å². The lowest BCUT2D eigenvalue weighted by molar-refractivity contribution is -0.132. The molecule has 0 N–H and O–H groups in total. The van der Waals surface area contributed by atoms with Gasteiger partial charge in [0, 0.05) is 12.0 Å². The van der Waals surface area contributed by atoms with E-state index in [9.17, 15) is 4.57 Å². The van der Waals surface area contributed by atoms with Gasteiger partial charge in [0.25, 0.3) is 0 Å². The third kappa shape index (κ3) is 15.8. The number of ether oxygens (including phenoxy) is 1. The lowest BCUT2D eigenvalue weighted by atomic mass is 10.0. The fourth-order valence-corrected chi connectivity index (χ4v) is 5.60.